The van der Waals surface area contributed by atoms with Gasteiger partial charge in [-0.2, -0.15) is 0 Å². The van der Waals surface area contributed by atoms with Crippen LogP contribution in [0.4, 0.5) is 17.1 Å². The third kappa shape index (κ3) is 12.5. The topological polar surface area (TPSA) is 243 Å². The van der Waals surface area contributed by atoms with Gasteiger partial charge in [-0.05, 0) is 60.5 Å². The number of benzene rings is 4. The smallest absolute Gasteiger partial charge is 0.323 e. The molecule has 6 rings (SSSR count). The maximum absolute atomic E-state index is 13.9. The zero-order chi connectivity index (χ0) is 49.2. The van der Waals surface area contributed by atoms with Crippen LogP contribution in [0.2, 0.25) is 0 Å². The van der Waals surface area contributed by atoms with E-state index in [0.717, 1.165) is 48.5 Å². The van der Waals surface area contributed by atoms with Crippen LogP contribution in [0.25, 0.3) is 33.4 Å². The molecule has 3 aromatic rings. The monoisotopic (exact) mass is 939 g/mol. The molecule has 20 nitrogen and oxygen atoms in total. The average Bonchev–Trinajstić information content (AvgIpc) is 3.27. The van der Waals surface area contributed by atoms with Gasteiger partial charge in [-0.1, -0.05) is 12.1 Å². The summed E-state index contributed by atoms with van der Waals surface area (Å²) in [5.74, 6) is -5.83. The standard InChI is InChI=1S/C48H54N6O14/c1-30-6-12-36-40(20-30)66-18-19-67-41-21-31(48-34-10-8-32(49(2)3)22-38(34)68-39-23-33(50(4)5)9-11-35(39)48)7-13-37(41)52(25-43(56)54(28-46(61)62)29-47(63)64)15-17-65-16-14-51(36)24-42(55)53(26-44(57)58)27-45(59)60/h6-13,20-23H,14-19,24-29H2,1-5H3,(H3-,57,58,59,60,61,62,63,64)/p+1. The molecule has 1 aliphatic carbocycles. The Kier molecular flexibility index (Phi) is 16.1. The molecule has 3 aromatic carbocycles. The van der Waals surface area contributed by atoms with Gasteiger partial charge >= 0.3 is 23.9 Å². The summed E-state index contributed by atoms with van der Waals surface area (Å²) in [4.78, 5) is 80.7. The Balaban J connectivity index is 1.45. The van der Waals surface area contributed by atoms with Gasteiger partial charge in [-0.15, -0.1) is 0 Å². The molecule has 0 radical (unpaired) electrons. The zero-order valence-electron chi connectivity index (χ0n) is 38.5. The van der Waals surface area contributed by atoms with Gasteiger partial charge in [0.2, 0.25) is 17.2 Å². The third-order valence-electron chi connectivity index (χ3n) is 11.0. The molecule has 0 aromatic heterocycles. The van der Waals surface area contributed by atoms with Crippen molar-refractivity contribution in [2.24, 2.45) is 0 Å². The van der Waals surface area contributed by atoms with Crippen LogP contribution >= 0.6 is 0 Å². The fraction of sp³-hybridized carbons (Fsp3) is 0.354. The molecule has 20 heteroatoms. The lowest BCUT2D eigenvalue weighted by molar-refractivity contribution is -0.149. The van der Waals surface area contributed by atoms with Crippen molar-refractivity contribution in [2.75, 3.05) is 122 Å². The zero-order valence-corrected chi connectivity index (χ0v) is 38.5. The SMILES string of the molecule is Cc1ccc2c(c1)OCCOc1cc(-c3c4ccc(=[N+](C)C)cc-4oc4cc(N(C)C)ccc34)ccc1N(CC(=O)N(CC(=O)O)CC(=O)O)CCOCCN2CC(=O)N(CC(=O)O)CC(=O)O. The number of carboxylic acids is 4. The van der Waals surface area contributed by atoms with Crippen LogP contribution in [0, 0.1) is 6.92 Å². The highest BCUT2D eigenvalue weighted by molar-refractivity contribution is 6.03. The van der Waals surface area contributed by atoms with Gasteiger partial charge in [0.05, 0.1) is 43.7 Å². The van der Waals surface area contributed by atoms with Crippen molar-refractivity contribution in [1.82, 2.24) is 14.4 Å². The summed E-state index contributed by atoms with van der Waals surface area (Å²) >= 11 is 0. The highest BCUT2D eigenvalue weighted by Gasteiger charge is 2.28. The van der Waals surface area contributed by atoms with Crippen LogP contribution in [0.5, 0.6) is 11.5 Å². The lowest BCUT2D eigenvalue weighted by Crippen LogP contribution is -2.46. The molecule has 68 heavy (non-hydrogen) atoms. The molecule has 0 spiro atoms. The van der Waals surface area contributed by atoms with Crippen LogP contribution in [0.3, 0.4) is 0 Å². The van der Waals surface area contributed by atoms with Crippen molar-refractivity contribution in [2.45, 2.75) is 6.92 Å². The van der Waals surface area contributed by atoms with Crippen molar-refractivity contribution >= 4 is 63.7 Å². The fourth-order valence-corrected chi connectivity index (χ4v) is 7.75. The molecule has 0 bridgehead atoms. The van der Waals surface area contributed by atoms with E-state index in [1.165, 1.54) is 0 Å². The van der Waals surface area contributed by atoms with Gasteiger partial charge < -0.3 is 63.6 Å². The van der Waals surface area contributed by atoms with Gasteiger partial charge in [-0.3, -0.25) is 28.8 Å². The molecular formula is C48H55N6O14+. The first kappa shape index (κ1) is 49.6. The molecule has 0 saturated heterocycles. The van der Waals surface area contributed by atoms with E-state index >= 15 is 0 Å². The van der Waals surface area contributed by atoms with Crippen LogP contribution in [0.1, 0.15) is 5.56 Å². The highest BCUT2D eigenvalue weighted by atomic mass is 16.5. The number of aryl methyl sites for hydroxylation is 1. The first-order valence-electron chi connectivity index (χ1n) is 21.6. The number of nitrogens with zero attached hydrogens (tertiary/aromatic N) is 6. The van der Waals surface area contributed by atoms with E-state index in [-0.39, 0.29) is 39.5 Å². The minimum atomic E-state index is -1.40. The van der Waals surface area contributed by atoms with Gasteiger partial charge in [-0.25, -0.2) is 4.58 Å². The lowest BCUT2D eigenvalue weighted by Gasteiger charge is -2.30. The van der Waals surface area contributed by atoms with Gasteiger partial charge in [0, 0.05) is 61.5 Å². The molecular weight excluding hydrogens is 885 g/mol. The van der Waals surface area contributed by atoms with E-state index in [9.17, 15) is 49.2 Å². The second-order valence-corrected chi connectivity index (χ2v) is 16.5. The van der Waals surface area contributed by atoms with E-state index in [1.807, 2.05) is 93.1 Å². The van der Waals surface area contributed by atoms with E-state index < -0.39 is 75.0 Å². The Morgan fingerprint density at radius 1 is 0.632 bits per heavy atom. The molecule has 2 heterocycles. The Morgan fingerprint density at radius 3 is 1.68 bits per heavy atom. The van der Waals surface area contributed by atoms with E-state index in [0.29, 0.717) is 34.2 Å². The third-order valence-corrected chi connectivity index (χ3v) is 11.0. The van der Waals surface area contributed by atoms with Gasteiger partial charge in [0.25, 0.3) is 0 Å². The van der Waals surface area contributed by atoms with Gasteiger partial charge in [0.15, 0.2) is 0 Å². The largest absolute Gasteiger partial charge is 0.488 e. The van der Waals surface area contributed by atoms with E-state index in [1.54, 1.807) is 34.1 Å². The summed E-state index contributed by atoms with van der Waals surface area (Å²) in [5.41, 5.74) is 5.60. The molecule has 0 unspecified atom stereocenters. The second-order valence-electron chi connectivity index (χ2n) is 16.5. The molecule has 3 aliphatic rings. The number of rotatable bonds is 14. The first-order chi connectivity index (χ1) is 32.4. The predicted molar refractivity (Wildman–Crippen MR) is 251 cm³/mol. The Bertz CT molecular complexity index is 2720. The molecule has 0 saturated carbocycles. The van der Waals surface area contributed by atoms with Crippen LogP contribution < -0.4 is 34.1 Å². The van der Waals surface area contributed by atoms with Crippen molar-refractivity contribution in [3.63, 3.8) is 0 Å². The van der Waals surface area contributed by atoms with Crippen molar-refractivity contribution in [3.8, 4) is 33.9 Å². The van der Waals surface area contributed by atoms with Gasteiger partial charge in [0.1, 0.15) is 76.3 Å². The number of aliphatic carboxylic acids is 4. The maximum atomic E-state index is 13.9. The number of carboxylic acid groups (broad SMARTS) is 4. The number of fused-ring (bicyclic) bond motifs is 4. The number of amides is 2. The number of anilines is 3. The lowest BCUT2D eigenvalue weighted by atomic mass is 9.93. The maximum Gasteiger partial charge on any atom is 0.323 e. The molecule has 360 valence electrons. The quantitative estimate of drug-likeness (QED) is 0.0924. The Morgan fingerprint density at radius 2 is 1.16 bits per heavy atom. The van der Waals surface area contributed by atoms with Crippen molar-refractivity contribution < 1.29 is 67.8 Å². The number of hydrogen-bond acceptors (Lipinski definition) is 13. The molecule has 4 N–H and O–H groups in total. The summed E-state index contributed by atoms with van der Waals surface area (Å²) < 4.78 is 27.5. The summed E-state index contributed by atoms with van der Waals surface area (Å²) in [6, 6.07) is 22.6. The number of hydrogen-bond donors (Lipinski definition) is 4. The number of carbonyl (C=O) groups excluding carboxylic acids is 2. The predicted octanol–water partition coefficient (Wildman–Crippen LogP) is 2.71. The second kappa shape index (κ2) is 22.1. The summed E-state index contributed by atoms with van der Waals surface area (Å²) in [5, 5.41) is 39.8. The molecule has 2 aliphatic heterocycles. The minimum absolute atomic E-state index is 0.0162. The fourth-order valence-electron chi connectivity index (χ4n) is 7.75. The average molecular weight is 940 g/mol. The summed E-state index contributed by atoms with van der Waals surface area (Å²) in [6.45, 7) is -2.51. The van der Waals surface area contributed by atoms with Crippen LogP contribution in [-0.4, -0.2) is 173 Å². The summed E-state index contributed by atoms with van der Waals surface area (Å²) in [6.07, 6.45) is 0. The van der Waals surface area contributed by atoms with Crippen LogP contribution in [0.15, 0.2) is 77.2 Å². The van der Waals surface area contributed by atoms with E-state index in [2.05, 4.69) is 0 Å². The van der Waals surface area contributed by atoms with Crippen LogP contribution in [-0.2, 0) is 33.5 Å². The Hall–Kier alpha value is -7.87. The van der Waals surface area contributed by atoms with E-state index in [4.69, 9.17) is 18.6 Å². The molecule has 0 atom stereocenters. The number of carbonyl (C=O) groups is 6. The highest BCUT2D eigenvalue weighted by Crippen LogP contribution is 2.43. The first-order valence-corrected chi connectivity index (χ1v) is 21.6. The molecule has 0 fully saturated rings. The Labute approximate surface area is 391 Å². The molecule has 2 amide bonds. The minimum Gasteiger partial charge on any atom is -0.488 e. The summed E-state index contributed by atoms with van der Waals surface area (Å²) in [7, 11) is 7.75. The number of ether oxygens (including phenoxy) is 3. The van der Waals surface area contributed by atoms with Crippen molar-refractivity contribution in [1.29, 1.82) is 0 Å². The normalized spacial score (nSPS) is 13.2. The van der Waals surface area contributed by atoms with Crippen molar-refractivity contribution in [3.05, 3.63) is 83.7 Å².